The van der Waals surface area contributed by atoms with E-state index in [-0.39, 0.29) is 17.5 Å². The van der Waals surface area contributed by atoms with Crippen LogP contribution in [-0.4, -0.2) is 20.8 Å². The summed E-state index contributed by atoms with van der Waals surface area (Å²) in [5.74, 6) is -0.0411. The van der Waals surface area contributed by atoms with Crippen LogP contribution >= 0.6 is 0 Å². The number of anilines is 1. The Morgan fingerprint density at radius 3 is 2.75 bits per heavy atom. The number of carbonyl (C=O) groups excluding carboxylic acids is 1. The third kappa shape index (κ3) is 1.75. The van der Waals surface area contributed by atoms with E-state index in [1.807, 2.05) is 0 Å². The van der Waals surface area contributed by atoms with Gasteiger partial charge in [0, 0.05) is 11.6 Å². The van der Waals surface area contributed by atoms with Crippen molar-refractivity contribution < 1.29 is 9.90 Å². The van der Waals surface area contributed by atoms with Gasteiger partial charge in [0.15, 0.2) is 0 Å². The fraction of sp³-hybridized carbons (Fsp3) is 0.0909. The molecule has 0 amide bonds. The van der Waals surface area contributed by atoms with Crippen molar-refractivity contribution >= 4 is 11.7 Å². The summed E-state index contributed by atoms with van der Waals surface area (Å²) in [6.45, 7) is 1.75. The Kier molecular flexibility index (Phi) is 2.36. The van der Waals surface area contributed by atoms with Crippen LogP contribution < -0.4 is 5.73 Å². The summed E-state index contributed by atoms with van der Waals surface area (Å²) < 4.78 is 1.12. The van der Waals surface area contributed by atoms with E-state index in [1.54, 1.807) is 25.1 Å². The maximum Gasteiger partial charge on any atom is 0.280 e. The monoisotopic (exact) mass is 217 g/mol. The molecule has 0 aliphatic carbocycles. The van der Waals surface area contributed by atoms with Gasteiger partial charge in [0.25, 0.3) is 5.91 Å². The summed E-state index contributed by atoms with van der Waals surface area (Å²) in [6.07, 6.45) is 0. The maximum atomic E-state index is 11.9. The highest BCUT2D eigenvalue weighted by Gasteiger charge is 2.13. The molecule has 0 bridgehead atoms. The van der Waals surface area contributed by atoms with Gasteiger partial charge in [-0.05, 0) is 25.1 Å². The fourth-order valence-electron chi connectivity index (χ4n) is 1.44. The van der Waals surface area contributed by atoms with Gasteiger partial charge in [-0.3, -0.25) is 4.79 Å². The molecule has 5 heteroatoms. The van der Waals surface area contributed by atoms with Gasteiger partial charge in [-0.15, -0.1) is 0 Å². The van der Waals surface area contributed by atoms with Crippen LogP contribution in [-0.2, 0) is 0 Å². The fourth-order valence-corrected chi connectivity index (χ4v) is 1.44. The van der Waals surface area contributed by atoms with E-state index >= 15 is 0 Å². The first kappa shape index (κ1) is 10.2. The minimum Gasteiger partial charge on any atom is -0.508 e. The van der Waals surface area contributed by atoms with Crippen LogP contribution in [0.2, 0.25) is 0 Å². The number of phenols is 1. The summed E-state index contributed by atoms with van der Waals surface area (Å²) in [7, 11) is 0. The van der Waals surface area contributed by atoms with Crippen molar-refractivity contribution in [1.82, 2.24) is 9.78 Å². The van der Waals surface area contributed by atoms with Crippen molar-refractivity contribution in [3.05, 3.63) is 41.6 Å². The molecule has 0 fully saturated rings. The number of nitrogens with two attached hydrogens (primary N) is 1. The van der Waals surface area contributed by atoms with E-state index < -0.39 is 0 Å². The molecular formula is C11H11N3O2. The van der Waals surface area contributed by atoms with Crippen LogP contribution in [0.5, 0.6) is 5.75 Å². The predicted molar refractivity (Wildman–Crippen MR) is 59.2 cm³/mol. The summed E-state index contributed by atoms with van der Waals surface area (Å²) in [6, 6.07) is 7.67. The van der Waals surface area contributed by atoms with E-state index in [0.29, 0.717) is 11.3 Å². The average Bonchev–Trinajstić information content (AvgIpc) is 2.57. The molecule has 0 radical (unpaired) electrons. The van der Waals surface area contributed by atoms with Crippen molar-refractivity contribution in [1.29, 1.82) is 0 Å². The molecule has 2 rings (SSSR count). The molecule has 2 aromatic rings. The molecule has 1 heterocycles. The van der Waals surface area contributed by atoms with Gasteiger partial charge in [-0.2, -0.15) is 9.78 Å². The number of nitrogens with zero attached hydrogens (tertiary/aromatic N) is 2. The van der Waals surface area contributed by atoms with Crippen molar-refractivity contribution in [3.8, 4) is 5.75 Å². The third-order valence-corrected chi connectivity index (χ3v) is 2.14. The van der Waals surface area contributed by atoms with Crippen molar-refractivity contribution in [2.24, 2.45) is 0 Å². The van der Waals surface area contributed by atoms with E-state index in [2.05, 4.69) is 5.10 Å². The Bertz CT molecular complexity index is 546. The molecule has 0 unspecified atom stereocenters. The van der Waals surface area contributed by atoms with Gasteiger partial charge in [0.05, 0.1) is 5.69 Å². The normalized spacial score (nSPS) is 10.3. The molecule has 0 spiro atoms. The third-order valence-electron chi connectivity index (χ3n) is 2.14. The second-order valence-electron chi connectivity index (χ2n) is 3.48. The molecule has 0 saturated carbocycles. The molecule has 0 saturated heterocycles. The highest BCUT2D eigenvalue weighted by Crippen LogP contribution is 2.14. The van der Waals surface area contributed by atoms with Gasteiger partial charge in [-0.25, -0.2) is 0 Å². The van der Waals surface area contributed by atoms with Gasteiger partial charge in [0.2, 0.25) is 0 Å². The van der Waals surface area contributed by atoms with Crippen LogP contribution in [0.1, 0.15) is 16.1 Å². The Morgan fingerprint density at radius 1 is 1.44 bits per heavy atom. The summed E-state index contributed by atoms with van der Waals surface area (Å²) >= 11 is 0. The average molecular weight is 217 g/mol. The highest BCUT2D eigenvalue weighted by atomic mass is 16.3. The highest BCUT2D eigenvalue weighted by molar-refractivity contribution is 5.97. The number of aromatic nitrogens is 2. The lowest BCUT2D eigenvalue weighted by Crippen LogP contribution is -2.15. The first-order valence-corrected chi connectivity index (χ1v) is 4.74. The minimum absolute atomic E-state index is 0.0355. The smallest absolute Gasteiger partial charge is 0.280 e. The number of benzene rings is 1. The Labute approximate surface area is 92.1 Å². The van der Waals surface area contributed by atoms with Crippen molar-refractivity contribution in [2.45, 2.75) is 6.92 Å². The number of aromatic hydroxyl groups is 1. The quantitative estimate of drug-likeness (QED) is 0.751. The Hall–Kier alpha value is -2.30. The topological polar surface area (TPSA) is 81.1 Å². The molecule has 82 valence electrons. The summed E-state index contributed by atoms with van der Waals surface area (Å²) in [5.41, 5.74) is 6.65. The predicted octanol–water partition coefficient (Wildman–Crippen LogP) is 1.17. The molecule has 0 aliphatic heterocycles. The lowest BCUT2D eigenvalue weighted by molar-refractivity contribution is 0.0947. The number of rotatable bonds is 1. The second kappa shape index (κ2) is 3.69. The van der Waals surface area contributed by atoms with Gasteiger partial charge < -0.3 is 10.8 Å². The molecule has 0 aliphatic rings. The number of phenolic OH excluding ortho intramolecular Hbond substituents is 1. The van der Waals surface area contributed by atoms with Crippen molar-refractivity contribution in [3.63, 3.8) is 0 Å². The molecule has 0 atom stereocenters. The maximum absolute atomic E-state index is 11.9. The lowest BCUT2D eigenvalue weighted by Gasteiger charge is -2.02. The number of hydrogen-bond donors (Lipinski definition) is 2. The van der Waals surface area contributed by atoms with E-state index in [9.17, 15) is 9.90 Å². The zero-order valence-corrected chi connectivity index (χ0v) is 8.71. The molecule has 1 aromatic carbocycles. The standard InChI is InChI=1S/C11H11N3O2/c1-7-5-10(12)14(13-7)11(16)8-3-2-4-9(15)6-8/h2-6,15H,12H2,1H3. The second-order valence-corrected chi connectivity index (χ2v) is 3.48. The zero-order chi connectivity index (χ0) is 11.7. The SMILES string of the molecule is Cc1cc(N)n(C(=O)c2cccc(O)c2)n1. The number of hydrogen-bond acceptors (Lipinski definition) is 4. The summed E-state index contributed by atoms with van der Waals surface area (Å²) in [4.78, 5) is 11.9. The van der Waals surface area contributed by atoms with Gasteiger partial charge >= 0.3 is 0 Å². The van der Waals surface area contributed by atoms with E-state index in [1.165, 1.54) is 12.1 Å². The Balaban J connectivity index is 2.43. The molecule has 5 nitrogen and oxygen atoms in total. The zero-order valence-electron chi connectivity index (χ0n) is 8.71. The Morgan fingerprint density at radius 2 is 2.19 bits per heavy atom. The van der Waals surface area contributed by atoms with Crippen LogP contribution in [0, 0.1) is 6.92 Å². The molecular weight excluding hydrogens is 206 g/mol. The van der Waals surface area contributed by atoms with Gasteiger partial charge in [-0.1, -0.05) is 6.07 Å². The first-order chi connectivity index (χ1) is 7.58. The summed E-state index contributed by atoms with van der Waals surface area (Å²) in [5, 5.41) is 13.2. The molecule has 16 heavy (non-hydrogen) atoms. The van der Waals surface area contributed by atoms with Crippen molar-refractivity contribution in [2.75, 3.05) is 5.73 Å². The molecule has 3 N–H and O–H groups in total. The van der Waals surface area contributed by atoms with Crippen LogP contribution in [0.4, 0.5) is 5.82 Å². The van der Waals surface area contributed by atoms with Crippen LogP contribution in [0.15, 0.2) is 30.3 Å². The first-order valence-electron chi connectivity index (χ1n) is 4.74. The van der Waals surface area contributed by atoms with E-state index in [0.717, 1.165) is 4.68 Å². The van der Waals surface area contributed by atoms with E-state index in [4.69, 9.17) is 5.73 Å². The largest absolute Gasteiger partial charge is 0.508 e. The lowest BCUT2D eigenvalue weighted by atomic mass is 10.2. The number of nitrogen functional groups attached to an aromatic ring is 1. The number of carbonyl (C=O) groups is 1. The van der Waals surface area contributed by atoms with Crippen LogP contribution in [0.25, 0.3) is 0 Å². The number of aryl methyl sites for hydroxylation is 1. The van der Waals surface area contributed by atoms with Crippen LogP contribution in [0.3, 0.4) is 0 Å². The molecule has 1 aromatic heterocycles. The minimum atomic E-state index is -0.360. The van der Waals surface area contributed by atoms with Gasteiger partial charge in [0.1, 0.15) is 11.6 Å².